The van der Waals surface area contributed by atoms with Gasteiger partial charge >= 0.3 is 5.97 Å². The van der Waals surface area contributed by atoms with E-state index in [4.69, 9.17) is 4.74 Å². The molecule has 1 aliphatic heterocycles. The maximum absolute atomic E-state index is 12.3. The molecule has 1 aromatic carbocycles. The lowest BCUT2D eigenvalue weighted by Gasteiger charge is -2.23. The lowest BCUT2D eigenvalue weighted by molar-refractivity contribution is 0.0526. The number of esters is 1. The molecule has 0 saturated carbocycles. The van der Waals surface area contributed by atoms with E-state index in [1.54, 1.807) is 6.92 Å². The third-order valence-corrected chi connectivity index (χ3v) is 4.83. The Morgan fingerprint density at radius 1 is 1.38 bits per heavy atom. The van der Waals surface area contributed by atoms with Crippen LogP contribution in [0, 0.1) is 0 Å². The number of hydrogen-bond acceptors (Lipinski definition) is 5. The van der Waals surface area contributed by atoms with E-state index in [0.717, 1.165) is 19.4 Å². The molecule has 6 nitrogen and oxygen atoms in total. The standard InChI is InChI=1S/C14H20N2O4S/c1-2-20-14(17)11-5-7-13(8-6-11)21(18,19)16-12-4-3-9-15-10-12/h5-8,12,15-16H,2-4,9-10H2,1H3. The van der Waals surface area contributed by atoms with Crippen LogP contribution in [0.3, 0.4) is 0 Å². The summed E-state index contributed by atoms with van der Waals surface area (Å²) in [7, 11) is -3.56. The summed E-state index contributed by atoms with van der Waals surface area (Å²) in [6.07, 6.45) is 1.78. The molecule has 1 saturated heterocycles. The van der Waals surface area contributed by atoms with Crippen molar-refractivity contribution in [3.8, 4) is 0 Å². The second-order valence-electron chi connectivity index (χ2n) is 4.91. The van der Waals surface area contributed by atoms with Crippen LogP contribution in [0.25, 0.3) is 0 Å². The highest BCUT2D eigenvalue weighted by Crippen LogP contribution is 2.13. The Morgan fingerprint density at radius 3 is 2.67 bits per heavy atom. The van der Waals surface area contributed by atoms with Crippen LogP contribution in [0.5, 0.6) is 0 Å². The zero-order valence-corrected chi connectivity index (χ0v) is 12.8. The summed E-state index contributed by atoms with van der Waals surface area (Å²) in [5.41, 5.74) is 0.343. The third-order valence-electron chi connectivity index (χ3n) is 3.29. The lowest BCUT2D eigenvalue weighted by Crippen LogP contribution is -2.45. The molecule has 1 aliphatic rings. The Bertz CT molecular complexity index is 577. The number of benzene rings is 1. The first-order valence-corrected chi connectivity index (χ1v) is 8.51. The summed E-state index contributed by atoms with van der Waals surface area (Å²) in [5.74, 6) is -0.453. The van der Waals surface area contributed by atoms with E-state index in [0.29, 0.717) is 12.1 Å². The van der Waals surface area contributed by atoms with Gasteiger partial charge in [-0.15, -0.1) is 0 Å². The quantitative estimate of drug-likeness (QED) is 0.789. The van der Waals surface area contributed by atoms with Crippen molar-refractivity contribution in [2.75, 3.05) is 19.7 Å². The fraction of sp³-hybridized carbons (Fsp3) is 0.500. The van der Waals surface area contributed by atoms with Crippen LogP contribution in [-0.4, -0.2) is 40.1 Å². The van der Waals surface area contributed by atoms with Crippen molar-refractivity contribution >= 4 is 16.0 Å². The lowest BCUT2D eigenvalue weighted by atomic mass is 10.1. The molecular weight excluding hydrogens is 292 g/mol. The Balaban J connectivity index is 2.07. The minimum atomic E-state index is -3.56. The number of rotatable bonds is 5. The largest absolute Gasteiger partial charge is 0.462 e. The number of carbonyl (C=O) groups is 1. The van der Waals surface area contributed by atoms with Gasteiger partial charge in [-0.1, -0.05) is 0 Å². The minimum absolute atomic E-state index is 0.0894. The van der Waals surface area contributed by atoms with Gasteiger partial charge in [-0.25, -0.2) is 17.9 Å². The summed E-state index contributed by atoms with van der Waals surface area (Å²) in [6, 6.07) is 5.68. The van der Waals surface area contributed by atoms with E-state index in [9.17, 15) is 13.2 Å². The first-order valence-electron chi connectivity index (χ1n) is 7.03. The van der Waals surface area contributed by atoms with Gasteiger partial charge in [0, 0.05) is 12.6 Å². The van der Waals surface area contributed by atoms with Gasteiger partial charge in [-0.3, -0.25) is 0 Å². The Morgan fingerprint density at radius 2 is 2.10 bits per heavy atom. The number of piperidine rings is 1. The number of hydrogen-bond donors (Lipinski definition) is 2. The number of ether oxygens (including phenoxy) is 1. The van der Waals surface area contributed by atoms with Gasteiger partial charge in [0.25, 0.3) is 0 Å². The second kappa shape index (κ2) is 7.02. The van der Waals surface area contributed by atoms with E-state index >= 15 is 0 Å². The van der Waals surface area contributed by atoms with Gasteiger partial charge in [0.15, 0.2) is 0 Å². The van der Waals surface area contributed by atoms with Crippen molar-refractivity contribution in [1.82, 2.24) is 10.0 Å². The maximum Gasteiger partial charge on any atom is 0.338 e. The monoisotopic (exact) mass is 312 g/mol. The highest BCUT2D eigenvalue weighted by Gasteiger charge is 2.21. The average Bonchev–Trinajstić information content (AvgIpc) is 2.48. The average molecular weight is 312 g/mol. The summed E-state index contributed by atoms with van der Waals surface area (Å²) < 4.78 is 32.0. The van der Waals surface area contributed by atoms with Crippen molar-refractivity contribution in [2.24, 2.45) is 0 Å². The Kier molecular flexibility index (Phi) is 5.33. The Hall–Kier alpha value is -1.44. The molecule has 0 aromatic heterocycles. The molecule has 0 bridgehead atoms. The van der Waals surface area contributed by atoms with E-state index < -0.39 is 16.0 Å². The molecule has 0 aliphatic carbocycles. The van der Waals surface area contributed by atoms with Gasteiger partial charge < -0.3 is 10.1 Å². The molecule has 0 spiro atoms. The first-order chi connectivity index (χ1) is 10.0. The molecule has 7 heteroatoms. The Labute approximate surface area is 124 Å². The summed E-state index contributed by atoms with van der Waals surface area (Å²) in [6.45, 7) is 3.57. The van der Waals surface area contributed by atoms with Crippen molar-refractivity contribution in [1.29, 1.82) is 0 Å². The van der Waals surface area contributed by atoms with Crippen molar-refractivity contribution in [2.45, 2.75) is 30.7 Å². The summed E-state index contributed by atoms with van der Waals surface area (Å²) in [5, 5.41) is 3.16. The van der Waals surface area contributed by atoms with Gasteiger partial charge in [0.1, 0.15) is 0 Å². The summed E-state index contributed by atoms with van der Waals surface area (Å²) in [4.78, 5) is 11.7. The molecule has 116 valence electrons. The molecule has 1 heterocycles. The molecule has 1 aromatic rings. The second-order valence-corrected chi connectivity index (χ2v) is 6.62. The van der Waals surface area contributed by atoms with Gasteiger partial charge in [-0.2, -0.15) is 0 Å². The minimum Gasteiger partial charge on any atom is -0.462 e. The van der Waals surface area contributed by atoms with Crippen LogP contribution >= 0.6 is 0 Å². The highest BCUT2D eigenvalue weighted by atomic mass is 32.2. The van der Waals surface area contributed by atoms with Crippen LogP contribution in [-0.2, 0) is 14.8 Å². The van der Waals surface area contributed by atoms with E-state index in [1.807, 2.05) is 0 Å². The zero-order valence-electron chi connectivity index (χ0n) is 12.0. The fourth-order valence-electron chi connectivity index (χ4n) is 2.22. The predicted molar refractivity (Wildman–Crippen MR) is 78.6 cm³/mol. The van der Waals surface area contributed by atoms with Gasteiger partial charge in [-0.05, 0) is 50.6 Å². The molecule has 1 fully saturated rings. The van der Waals surface area contributed by atoms with E-state index in [-0.39, 0.29) is 17.5 Å². The normalized spacial score (nSPS) is 19.2. The molecule has 2 rings (SSSR count). The molecule has 1 unspecified atom stereocenters. The molecule has 2 N–H and O–H groups in total. The zero-order chi connectivity index (χ0) is 15.3. The molecule has 0 radical (unpaired) electrons. The fourth-order valence-corrected chi connectivity index (χ4v) is 3.49. The van der Waals surface area contributed by atoms with E-state index in [2.05, 4.69) is 10.0 Å². The third kappa shape index (κ3) is 4.26. The molecule has 0 amide bonds. The SMILES string of the molecule is CCOC(=O)c1ccc(S(=O)(=O)NC2CCCNC2)cc1. The predicted octanol–water partition coefficient (Wildman–Crippen LogP) is 0.894. The molecular formula is C14H20N2O4S. The van der Waals surface area contributed by atoms with Gasteiger partial charge in [0.2, 0.25) is 10.0 Å². The van der Waals surface area contributed by atoms with Crippen molar-refractivity contribution in [3.63, 3.8) is 0 Å². The van der Waals surface area contributed by atoms with Crippen molar-refractivity contribution < 1.29 is 17.9 Å². The van der Waals surface area contributed by atoms with Crippen LogP contribution in [0.2, 0.25) is 0 Å². The van der Waals surface area contributed by atoms with Crippen LogP contribution in [0.15, 0.2) is 29.2 Å². The smallest absolute Gasteiger partial charge is 0.338 e. The van der Waals surface area contributed by atoms with Gasteiger partial charge in [0.05, 0.1) is 17.1 Å². The van der Waals surface area contributed by atoms with E-state index in [1.165, 1.54) is 24.3 Å². The first kappa shape index (κ1) is 15.9. The van der Waals surface area contributed by atoms with Crippen LogP contribution < -0.4 is 10.0 Å². The molecule has 1 atom stereocenters. The van der Waals surface area contributed by atoms with Crippen LogP contribution in [0.1, 0.15) is 30.1 Å². The summed E-state index contributed by atoms with van der Waals surface area (Å²) >= 11 is 0. The maximum atomic E-state index is 12.3. The number of nitrogens with one attached hydrogen (secondary N) is 2. The highest BCUT2D eigenvalue weighted by molar-refractivity contribution is 7.89. The van der Waals surface area contributed by atoms with Crippen LogP contribution in [0.4, 0.5) is 0 Å². The molecule has 21 heavy (non-hydrogen) atoms. The topological polar surface area (TPSA) is 84.5 Å². The number of carbonyl (C=O) groups excluding carboxylic acids is 1. The van der Waals surface area contributed by atoms with Crippen molar-refractivity contribution in [3.05, 3.63) is 29.8 Å². The number of sulfonamides is 1.